The number of halogens is 1. The van der Waals surface area contributed by atoms with E-state index in [0.717, 1.165) is 30.2 Å². The maximum Gasteiger partial charge on any atom is 0.142 e. The first kappa shape index (κ1) is 15.6. The number of ether oxygens (including phenoxy) is 2. The van der Waals surface area contributed by atoms with E-state index in [9.17, 15) is 0 Å². The van der Waals surface area contributed by atoms with E-state index in [1.54, 1.807) is 18.9 Å². The normalized spacial score (nSPS) is 10.6. The van der Waals surface area contributed by atoms with Gasteiger partial charge in [0, 0.05) is 31.5 Å². The van der Waals surface area contributed by atoms with E-state index >= 15 is 0 Å². The second-order valence-electron chi connectivity index (χ2n) is 3.74. The summed E-state index contributed by atoms with van der Waals surface area (Å²) in [4.78, 5) is 0. The van der Waals surface area contributed by atoms with Gasteiger partial charge in [-0.2, -0.15) is 11.8 Å². The van der Waals surface area contributed by atoms with Gasteiger partial charge in [-0.1, -0.05) is 23.7 Å². The first-order valence-corrected chi connectivity index (χ1v) is 7.65. The highest BCUT2D eigenvalue weighted by atomic mass is 35.5. The van der Waals surface area contributed by atoms with Crippen LogP contribution in [0.5, 0.6) is 5.75 Å². The highest BCUT2D eigenvalue weighted by molar-refractivity contribution is 7.98. The summed E-state index contributed by atoms with van der Waals surface area (Å²) in [5, 5.41) is 3.96. The summed E-state index contributed by atoms with van der Waals surface area (Å²) in [5.74, 6) is 1.75. The molecule has 3 nitrogen and oxygen atoms in total. The Morgan fingerprint density at radius 2 is 2.17 bits per heavy atom. The highest BCUT2D eigenvalue weighted by Crippen LogP contribution is 2.28. The monoisotopic (exact) mass is 289 g/mol. The number of hydrogen-bond donors (Lipinski definition) is 1. The topological polar surface area (TPSA) is 30.5 Å². The molecule has 0 fully saturated rings. The molecule has 0 unspecified atom stereocenters. The van der Waals surface area contributed by atoms with Crippen LogP contribution in [-0.2, 0) is 11.3 Å². The van der Waals surface area contributed by atoms with E-state index in [0.29, 0.717) is 18.2 Å². The summed E-state index contributed by atoms with van der Waals surface area (Å²) < 4.78 is 10.7. The molecule has 1 aromatic rings. The zero-order valence-electron chi connectivity index (χ0n) is 10.9. The minimum atomic E-state index is 0.669. The van der Waals surface area contributed by atoms with E-state index in [1.807, 2.05) is 18.2 Å². The van der Waals surface area contributed by atoms with Crippen molar-refractivity contribution in [1.29, 1.82) is 0 Å². The maximum absolute atomic E-state index is 6.16. The number of benzene rings is 1. The van der Waals surface area contributed by atoms with Crippen LogP contribution < -0.4 is 10.1 Å². The molecule has 0 heterocycles. The Morgan fingerprint density at radius 3 is 2.89 bits per heavy atom. The number of thioether (sulfide) groups is 1. The number of para-hydroxylation sites is 1. The molecular formula is C13H20ClNO2S. The predicted octanol–water partition coefficient (Wildman–Crippen LogP) is 2.82. The van der Waals surface area contributed by atoms with Crippen LogP contribution in [0, 0.1) is 0 Å². The van der Waals surface area contributed by atoms with E-state index < -0.39 is 0 Å². The Kier molecular flexibility index (Phi) is 8.25. The second kappa shape index (κ2) is 9.50. The molecule has 0 amide bonds. The van der Waals surface area contributed by atoms with E-state index in [2.05, 4.69) is 11.6 Å². The molecule has 0 spiro atoms. The largest absolute Gasteiger partial charge is 0.491 e. The van der Waals surface area contributed by atoms with Crippen molar-refractivity contribution in [3.05, 3.63) is 28.8 Å². The van der Waals surface area contributed by atoms with Crippen molar-refractivity contribution in [2.24, 2.45) is 0 Å². The molecule has 0 saturated heterocycles. The molecule has 1 aromatic carbocycles. The lowest BCUT2D eigenvalue weighted by molar-refractivity contribution is 0.199. The Morgan fingerprint density at radius 1 is 1.33 bits per heavy atom. The molecule has 1 rings (SSSR count). The summed E-state index contributed by atoms with van der Waals surface area (Å²) in [5.41, 5.74) is 1.08. The molecule has 1 N–H and O–H groups in total. The third-order valence-corrected chi connectivity index (χ3v) is 3.25. The number of methoxy groups -OCH3 is 1. The van der Waals surface area contributed by atoms with Crippen LogP contribution in [0.25, 0.3) is 0 Å². The fraction of sp³-hybridized carbons (Fsp3) is 0.538. The molecule has 5 heteroatoms. The standard InChI is InChI=1S/C13H20ClNO2S/c1-16-7-6-15-10-11-4-3-5-12(14)13(11)17-8-9-18-2/h3-5,15H,6-10H2,1-2H3. The fourth-order valence-electron chi connectivity index (χ4n) is 1.48. The van der Waals surface area contributed by atoms with E-state index in [1.165, 1.54) is 0 Å². The second-order valence-corrected chi connectivity index (χ2v) is 5.13. The SMILES string of the molecule is COCCNCc1cccc(Cl)c1OCCSC. The lowest BCUT2D eigenvalue weighted by Gasteiger charge is -2.13. The van der Waals surface area contributed by atoms with Gasteiger partial charge in [0.1, 0.15) is 5.75 Å². The van der Waals surface area contributed by atoms with Crippen molar-refractivity contribution < 1.29 is 9.47 Å². The zero-order valence-corrected chi connectivity index (χ0v) is 12.4. The minimum Gasteiger partial charge on any atom is -0.491 e. The van der Waals surface area contributed by atoms with Gasteiger partial charge in [-0.15, -0.1) is 0 Å². The van der Waals surface area contributed by atoms with Gasteiger partial charge in [-0.25, -0.2) is 0 Å². The van der Waals surface area contributed by atoms with Crippen molar-refractivity contribution >= 4 is 23.4 Å². The smallest absolute Gasteiger partial charge is 0.142 e. The van der Waals surface area contributed by atoms with E-state index in [-0.39, 0.29) is 0 Å². The van der Waals surface area contributed by atoms with Crippen molar-refractivity contribution in [2.75, 3.05) is 38.9 Å². The van der Waals surface area contributed by atoms with Gasteiger partial charge in [0.2, 0.25) is 0 Å². The molecule has 0 aliphatic carbocycles. The van der Waals surface area contributed by atoms with Crippen molar-refractivity contribution in [3.63, 3.8) is 0 Å². The molecule has 0 atom stereocenters. The summed E-state index contributed by atoms with van der Waals surface area (Å²) in [7, 11) is 1.69. The van der Waals surface area contributed by atoms with Crippen LogP contribution in [0.15, 0.2) is 18.2 Å². The molecule has 18 heavy (non-hydrogen) atoms. The molecule has 0 saturated carbocycles. The van der Waals surface area contributed by atoms with Crippen LogP contribution in [-0.4, -0.2) is 38.9 Å². The number of rotatable bonds is 9. The summed E-state index contributed by atoms with van der Waals surface area (Å²) in [6, 6.07) is 5.83. The predicted molar refractivity (Wildman–Crippen MR) is 78.9 cm³/mol. The number of hydrogen-bond acceptors (Lipinski definition) is 4. The van der Waals surface area contributed by atoms with Crippen LogP contribution >= 0.6 is 23.4 Å². The molecule has 0 aromatic heterocycles. The third kappa shape index (κ3) is 5.48. The van der Waals surface area contributed by atoms with Gasteiger partial charge < -0.3 is 14.8 Å². The van der Waals surface area contributed by atoms with Gasteiger partial charge in [-0.05, 0) is 12.3 Å². The summed E-state index contributed by atoms with van der Waals surface area (Å²) >= 11 is 7.92. The Balaban J connectivity index is 2.56. The fourth-order valence-corrected chi connectivity index (χ4v) is 1.98. The molecule has 0 bridgehead atoms. The van der Waals surface area contributed by atoms with Gasteiger partial charge in [0.25, 0.3) is 0 Å². The third-order valence-electron chi connectivity index (χ3n) is 2.38. The minimum absolute atomic E-state index is 0.669. The van der Waals surface area contributed by atoms with Crippen LogP contribution in [0.2, 0.25) is 5.02 Å². The zero-order chi connectivity index (χ0) is 13.2. The summed E-state index contributed by atoms with van der Waals surface area (Å²) in [6.07, 6.45) is 2.06. The van der Waals surface area contributed by atoms with Gasteiger partial charge >= 0.3 is 0 Å². The maximum atomic E-state index is 6.16. The van der Waals surface area contributed by atoms with E-state index in [4.69, 9.17) is 21.1 Å². The Hall–Kier alpha value is -0.420. The lowest BCUT2D eigenvalue weighted by atomic mass is 10.2. The summed E-state index contributed by atoms with van der Waals surface area (Å²) in [6.45, 7) is 2.92. The van der Waals surface area contributed by atoms with Gasteiger partial charge in [-0.3, -0.25) is 0 Å². The highest BCUT2D eigenvalue weighted by Gasteiger charge is 2.07. The molecular weight excluding hydrogens is 270 g/mol. The average Bonchev–Trinajstić information content (AvgIpc) is 2.37. The van der Waals surface area contributed by atoms with Crippen molar-refractivity contribution in [3.8, 4) is 5.75 Å². The quantitative estimate of drug-likeness (QED) is 0.708. The van der Waals surface area contributed by atoms with Crippen LogP contribution in [0.1, 0.15) is 5.56 Å². The number of nitrogens with one attached hydrogen (secondary N) is 1. The van der Waals surface area contributed by atoms with Crippen molar-refractivity contribution in [1.82, 2.24) is 5.32 Å². The average molecular weight is 290 g/mol. The van der Waals surface area contributed by atoms with Crippen LogP contribution in [0.4, 0.5) is 0 Å². The molecule has 0 aliphatic heterocycles. The molecule has 0 aliphatic rings. The van der Waals surface area contributed by atoms with Gasteiger partial charge in [0.05, 0.1) is 18.2 Å². The molecule has 102 valence electrons. The lowest BCUT2D eigenvalue weighted by Crippen LogP contribution is -2.19. The Labute approximate surface area is 118 Å². The first-order chi connectivity index (χ1) is 8.79. The van der Waals surface area contributed by atoms with Gasteiger partial charge in [0.15, 0.2) is 0 Å². The first-order valence-electron chi connectivity index (χ1n) is 5.88. The van der Waals surface area contributed by atoms with Crippen LogP contribution in [0.3, 0.4) is 0 Å². The Bertz CT molecular complexity index is 350. The van der Waals surface area contributed by atoms with Crippen molar-refractivity contribution in [2.45, 2.75) is 6.54 Å². The molecule has 0 radical (unpaired) electrons.